The molecule has 108 valence electrons. The van der Waals surface area contributed by atoms with Crippen LogP contribution in [0, 0.1) is 8.78 Å². The van der Waals surface area contributed by atoms with Crippen LogP contribution in [-0.2, 0) is 0 Å². The highest BCUT2D eigenvalue weighted by Gasteiger charge is 2.40. The van der Waals surface area contributed by atoms with Crippen LogP contribution in [0.25, 0.3) is 11.0 Å². The number of pyridine rings is 1. The molecule has 0 atom stereocenters. The van der Waals surface area contributed by atoms with Crippen LogP contribution in [0.1, 0.15) is 20.7 Å². The van der Waals surface area contributed by atoms with Crippen molar-refractivity contribution in [3.8, 4) is 0 Å². The fourth-order valence-electron chi connectivity index (χ4n) is 2.54. The van der Waals surface area contributed by atoms with Gasteiger partial charge in [0.1, 0.15) is 5.39 Å². The molecule has 7 nitrogen and oxygen atoms in total. The fraction of sp³-hybridized carbons (Fsp3) is 0. The lowest BCUT2D eigenvalue weighted by atomic mass is 10.1. The molecule has 0 saturated heterocycles. The second-order valence-electron chi connectivity index (χ2n) is 4.75. The van der Waals surface area contributed by atoms with Gasteiger partial charge in [0.15, 0.2) is 0 Å². The van der Waals surface area contributed by atoms with Gasteiger partial charge in [0.05, 0.1) is 17.3 Å². The maximum Gasteiger partial charge on any atom is 0.315 e. The molecule has 0 spiro atoms. The van der Waals surface area contributed by atoms with Crippen molar-refractivity contribution in [1.82, 2.24) is 10.2 Å². The standard InChI is InChI=1S/C14H7IN4O3/c15-9-5-6-18(22)11-10(9)12(17-16-11)19-13(20)7-3-1-2-4-8(7)14(19)21/h1-6H,(H,16,17). The Morgan fingerprint density at radius 3 is 2.41 bits per heavy atom. The Morgan fingerprint density at radius 1 is 1.14 bits per heavy atom. The topological polar surface area (TPSA) is 93.0 Å². The van der Waals surface area contributed by atoms with E-state index in [9.17, 15) is 14.8 Å². The van der Waals surface area contributed by atoms with Gasteiger partial charge in [-0.25, -0.2) is 9.63 Å². The summed E-state index contributed by atoms with van der Waals surface area (Å²) >= 11 is 2.04. The molecule has 2 aromatic heterocycles. The Kier molecular flexibility index (Phi) is 2.70. The number of aromatic amines is 1. The van der Waals surface area contributed by atoms with Gasteiger partial charge in [-0.15, -0.1) is 5.10 Å². The summed E-state index contributed by atoms with van der Waals surface area (Å²) in [5.74, 6) is -0.729. The van der Waals surface area contributed by atoms with Gasteiger partial charge in [-0.2, -0.15) is 0 Å². The van der Waals surface area contributed by atoms with Gasteiger partial charge in [-0.1, -0.05) is 17.2 Å². The van der Waals surface area contributed by atoms with Crippen LogP contribution in [0.2, 0.25) is 0 Å². The zero-order valence-corrected chi connectivity index (χ0v) is 13.1. The minimum absolute atomic E-state index is 0.149. The predicted octanol–water partition coefficient (Wildman–Crippen LogP) is 1.60. The summed E-state index contributed by atoms with van der Waals surface area (Å²) in [6.45, 7) is 0. The zero-order chi connectivity index (χ0) is 15.4. The third kappa shape index (κ3) is 1.61. The van der Waals surface area contributed by atoms with Gasteiger partial charge in [0.25, 0.3) is 11.8 Å². The molecule has 2 amide bonds. The highest BCUT2D eigenvalue weighted by Crippen LogP contribution is 2.32. The first kappa shape index (κ1) is 13.2. The van der Waals surface area contributed by atoms with Gasteiger partial charge in [0, 0.05) is 3.57 Å². The second kappa shape index (κ2) is 4.50. The molecule has 1 aromatic carbocycles. The molecule has 0 unspecified atom stereocenters. The molecule has 4 rings (SSSR count). The lowest BCUT2D eigenvalue weighted by Crippen LogP contribution is -2.30. The highest BCUT2D eigenvalue weighted by molar-refractivity contribution is 14.1. The molecule has 3 heterocycles. The molecule has 0 fully saturated rings. The van der Waals surface area contributed by atoms with Gasteiger partial charge in [-0.05, 0) is 40.8 Å². The zero-order valence-electron chi connectivity index (χ0n) is 10.9. The quantitative estimate of drug-likeness (QED) is 0.288. The molecular weight excluding hydrogens is 399 g/mol. The molecule has 0 bridgehead atoms. The number of fused-ring (bicyclic) bond motifs is 2. The number of halogens is 1. The Balaban J connectivity index is 1.97. The van der Waals surface area contributed by atoms with Gasteiger partial charge in [-0.3, -0.25) is 9.59 Å². The van der Waals surface area contributed by atoms with Crippen LogP contribution in [0.15, 0.2) is 36.5 Å². The summed E-state index contributed by atoms with van der Waals surface area (Å²) in [7, 11) is 0. The lowest BCUT2D eigenvalue weighted by molar-refractivity contribution is -0.579. The number of carbonyl (C=O) groups is 2. The second-order valence-corrected chi connectivity index (χ2v) is 5.91. The van der Waals surface area contributed by atoms with Crippen molar-refractivity contribution >= 4 is 51.3 Å². The summed E-state index contributed by atoms with van der Waals surface area (Å²) in [6.07, 6.45) is 1.34. The van der Waals surface area contributed by atoms with Gasteiger partial charge in [0.2, 0.25) is 5.82 Å². The number of imide groups is 1. The Labute approximate surface area is 137 Å². The molecular formula is C14H7IN4O3. The van der Waals surface area contributed by atoms with E-state index in [1.807, 2.05) is 22.6 Å². The molecule has 0 saturated carbocycles. The number of nitrogens with zero attached hydrogens (tertiary/aromatic N) is 3. The molecule has 22 heavy (non-hydrogen) atoms. The number of nitrogens with one attached hydrogen (secondary N) is 1. The van der Waals surface area contributed by atoms with E-state index < -0.39 is 11.8 Å². The van der Waals surface area contributed by atoms with E-state index in [0.29, 0.717) is 21.2 Å². The van der Waals surface area contributed by atoms with E-state index in [-0.39, 0.29) is 11.5 Å². The summed E-state index contributed by atoms with van der Waals surface area (Å²) in [5.41, 5.74) is 0.882. The molecule has 1 N–H and O–H groups in total. The Bertz CT molecular complexity index is 931. The first-order valence-corrected chi connectivity index (χ1v) is 7.41. The van der Waals surface area contributed by atoms with Crippen LogP contribution in [-0.4, -0.2) is 22.0 Å². The molecule has 1 aliphatic heterocycles. The maximum absolute atomic E-state index is 12.5. The SMILES string of the molecule is O=C1c2ccccc2C(=O)N1c1n[nH]c2c1c(I)cc[n+]2[O-]. The van der Waals surface area contributed by atoms with Gasteiger partial charge < -0.3 is 5.21 Å². The summed E-state index contributed by atoms with van der Waals surface area (Å²) in [5, 5.41) is 18.9. The Morgan fingerprint density at radius 2 is 1.77 bits per heavy atom. The number of carbonyl (C=O) groups excluding carboxylic acids is 2. The Hall–Kier alpha value is -2.49. The van der Waals surface area contributed by atoms with Crippen molar-refractivity contribution in [1.29, 1.82) is 0 Å². The van der Waals surface area contributed by atoms with Crippen LogP contribution < -0.4 is 9.63 Å². The van der Waals surface area contributed by atoms with E-state index in [4.69, 9.17) is 0 Å². The van der Waals surface area contributed by atoms with Crippen LogP contribution in [0.4, 0.5) is 5.82 Å². The highest BCUT2D eigenvalue weighted by atomic mass is 127. The molecule has 8 heteroatoms. The predicted molar refractivity (Wildman–Crippen MR) is 85.4 cm³/mol. The third-order valence-corrected chi connectivity index (χ3v) is 4.45. The summed E-state index contributed by atoms with van der Waals surface area (Å²) in [6, 6.07) is 8.20. The number of hydrogen-bond acceptors (Lipinski definition) is 4. The molecule has 3 aromatic rings. The van der Waals surface area contributed by atoms with Crippen molar-refractivity contribution in [3.63, 3.8) is 0 Å². The normalized spacial score (nSPS) is 14.0. The third-order valence-electron chi connectivity index (χ3n) is 3.55. The van der Waals surface area contributed by atoms with E-state index in [0.717, 1.165) is 8.47 Å². The monoisotopic (exact) mass is 406 g/mol. The van der Waals surface area contributed by atoms with Crippen molar-refractivity contribution in [3.05, 3.63) is 56.4 Å². The minimum Gasteiger partial charge on any atom is -0.711 e. The van der Waals surface area contributed by atoms with Crippen molar-refractivity contribution in [2.45, 2.75) is 0 Å². The first-order chi connectivity index (χ1) is 10.6. The van der Waals surface area contributed by atoms with E-state index in [2.05, 4.69) is 10.2 Å². The lowest BCUT2D eigenvalue weighted by Gasteiger charge is -2.10. The van der Waals surface area contributed by atoms with Crippen molar-refractivity contribution < 1.29 is 14.3 Å². The van der Waals surface area contributed by atoms with E-state index in [1.165, 1.54) is 6.20 Å². The first-order valence-electron chi connectivity index (χ1n) is 6.33. The van der Waals surface area contributed by atoms with Crippen LogP contribution >= 0.6 is 22.6 Å². The molecule has 0 aliphatic carbocycles. The number of anilines is 1. The summed E-state index contributed by atoms with van der Waals surface area (Å²) in [4.78, 5) is 26.0. The van der Waals surface area contributed by atoms with Crippen molar-refractivity contribution in [2.75, 3.05) is 4.90 Å². The van der Waals surface area contributed by atoms with E-state index in [1.54, 1.807) is 30.3 Å². The molecule has 1 aliphatic rings. The number of rotatable bonds is 1. The maximum atomic E-state index is 12.5. The largest absolute Gasteiger partial charge is 0.711 e. The van der Waals surface area contributed by atoms with Gasteiger partial charge >= 0.3 is 5.65 Å². The van der Waals surface area contributed by atoms with Crippen molar-refractivity contribution in [2.24, 2.45) is 0 Å². The average molecular weight is 406 g/mol. The van der Waals surface area contributed by atoms with E-state index >= 15 is 0 Å². The molecule has 0 radical (unpaired) electrons. The smallest absolute Gasteiger partial charge is 0.315 e. The fourth-order valence-corrected chi connectivity index (χ4v) is 3.19. The number of aromatic nitrogens is 3. The van der Waals surface area contributed by atoms with Crippen LogP contribution in [0.5, 0.6) is 0 Å². The number of amides is 2. The number of H-pyrrole nitrogens is 1. The van der Waals surface area contributed by atoms with Crippen LogP contribution in [0.3, 0.4) is 0 Å². The number of benzene rings is 1. The average Bonchev–Trinajstić information content (AvgIpc) is 3.06. The number of hydrogen-bond donors (Lipinski definition) is 1. The minimum atomic E-state index is -0.439. The summed E-state index contributed by atoms with van der Waals surface area (Å²) < 4.78 is 1.34.